The Balaban J connectivity index is 1.69. The van der Waals surface area contributed by atoms with Crippen LogP contribution < -0.4 is 9.80 Å². The van der Waals surface area contributed by atoms with E-state index in [2.05, 4.69) is 44.6 Å². The number of benzene rings is 2. The molecule has 5 nitrogen and oxygen atoms in total. The number of hydrogen-bond donors (Lipinski definition) is 0. The number of aromatic nitrogens is 3. The molecule has 0 saturated heterocycles. The van der Waals surface area contributed by atoms with E-state index >= 15 is 0 Å². The molecule has 6 rings (SSSR count). The van der Waals surface area contributed by atoms with Crippen LogP contribution in [0, 0.1) is 6.92 Å². The van der Waals surface area contributed by atoms with E-state index in [1.54, 1.807) is 12.3 Å². The minimum atomic E-state index is -2.27. The molecule has 0 bridgehead atoms. The summed E-state index contributed by atoms with van der Waals surface area (Å²) in [5.74, 6) is 1.67. The van der Waals surface area contributed by atoms with Gasteiger partial charge in [0.1, 0.15) is 12.0 Å². The fraction of sp³-hybridized carbons (Fsp3) is 0.217. The zero-order valence-electron chi connectivity index (χ0n) is 18.7. The first-order valence-corrected chi connectivity index (χ1v) is 9.48. The normalized spacial score (nSPS) is 19.2. The minimum Gasteiger partial charge on any atom is -0.351 e. The Morgan fingerprint density at radius 3 is 2.75 bits per heavy atom. The van der Waals surface area contributed by atoms with Crippen LogP contribution in [0.5, 0.6) is 0 Å². The number of fused-ring (bicyclic) bond motifs is 6. The second-order valence-electron chi connectivity index (χ2n) is 7.45. The van der Waals surface area contributed by atoms with Crippen LogP contribution in [-0.2, 0) is 6.42 Å². The molecule has 0 N–H and O–H groups in total. The van der Waals surface area contributed by atoms with Gasteiger partial charge in [0.25, 0.3) is 0 Å². The lowest BCUT2D eigenvalue weighted by atomic mass is 9.95. The quantitative estimate of drug-likeness (QED) is 0.433. The van der Waals surface area contributed by atoms with E-state index in [9.17, 15) is 0 Å². The molecule has 4 aromatic rings. The first-order valence-electron chi connectivity index (χ1n) is 11.0. The Hall–Kier alpha value is -3.34. The summed E-state index contributed by atoms with van der Waals surface area (Å²) in [7, 11) is 0. The van der Waals surface area contributed by atoms with Crippen molar-refractivity contribution >= 4 is 28.0 Å². The number of rotatable bonds is 1. The topological polar surface area (TPSA) is 37.2 Å². The molecule has 0 amide bonds. The summed E-state index contributed by atoms with van der Waals surface area (Å²) in [5, 5.41) is 2.33. The van der Waals surface area contributed by atoms with Crippen molar-refractivity contribution in [3.8, 4) is 5.69 Å². The molecule has 2 aromatic heterocycles. The van der Waals surface area contributed by atoms with Gasteiger partial charge >= 0.3 is 0 Å². The fourth-order valence-electron chi connectivity index (χ4n) is 4.79. The molecule has 0 saturated carbocycles. The maximum atomic E-state index is 8.15. The molecular formula is C23H21N5. The van der Waals surface area contributed by atoms with Crippen LogP contribution in [0.2, 0.25) is 0 Å². The van der Waals surface area contributed by atoms with E-state index in [4.69, 9.17) is 4.11 Å². The standard InChI is InChI=1S/C23H21N5/c1-14-16-7-4-5-8-17(16)22-18(13-20-24-11-12-27(20)22)21(14)28-15(2)26(3)19-9-6-10-25-23(19)28/h4-12,15H,13H2,1-3H3/t15-/m0/s1/i3D3. The maximum absolute atomic E-state index is 8.15. The van der Waals surface area contributed by atoms with E-state index in [-0.39, 0.29) is 0 Å². The lowest BCUT2D eigenvalue weighted by Gasteiger charge is -2.31. The highest BCUT2D eigenvalue weighted by atomic mass is 15.4. The SMILES string of the molecule is [2H]C([2H])([2H])N1c2cccnc2N(c2c3c(c4ccccc4c2C)-n2ccnc2C3)[C@H]1C. The molecule has 2 aromatic carbocycles. The molecule has 1 atom stereocenters. The highest BCUT2D eigenvalue weighted by Crippen LogP contribution is 2.49. The summed E-state index contributed by atoms with van der Waals surface area (Å²) in [6, 6.07) is 12.0. The van der Waals surface area contributed by atoms with Crippen LogP contribution in [0.25, 0.3) is 16.5 Å². The van der Waals surface area contributed by atoms with Crippen LogP contribution in [0.3, 0.4) is 0 Å². The van der Waals surface area contributed by atoms with Crippen LogP contribution in [0.1, 0.15) is 28.0 Å². The average Bonchev–Trinajstić information content (AvgIpc) is 3.39. The number of hydrogen-bond acceptors (Lipinski definition) is 4. The van der Waals surface area contributed by atoms with Gasteiger partial charge in [-0.3, -0.25) is 0 Å². The molecule has 0 unspecified atom stereocenters. The molecule has 0 fully saturated rings. The summed E-state index contributed by atoms with van der Waals surface area (Å²) in [5.41, 5.74) is 5.07. The van der Waals surface area contributed by atoms with E-state index in [0.717, 1.165) is 33.7 Å². The lowest BCUT2D eigenvalue weighted by Crippen LogP contribution is -2.36. The molecule has 5 heteroatoms. The number of nitrogens with zero attached hydrogens (tertiary/aromatic N) is 5. The molecule has 2 aliphatic rings. The van der Waals surface area contributed by atoms with Gasteiger partial charge in [-0.1, -0.05) is 24.3 Å². The Morgan fingerprint density at radius 1 is 1.04 bits per heavy atom. The molecule has 0 spiro atoms. The van der Waals surface area contributed by atoms with Crippen molar-refractivity contribution < 1.29 is 4.11 Å². The van der Waals surface area contributed by atoms with Crippen molar-refractivity contribution in [2.24, 2.45) is 0 Å². The van der Waals surface area contributed by atoms with Crippen LogP contribution in [-0.4, -0.2) is 27.7 Å². The van der Waals surface area contributed by atoms with Crippen molar-refractivity contribution in [3.05, 3.63) is 71.9 Å². The molecule has 2 aliphatic heterocycles. The molecule has 4 heterocycles. The summed E-state index contributed by atoms with van der Waals surface area (Å²) in [6.45, 7) is 1.78. The van der Waals surface area contributed by atoms with E-state index in [0.29, 0.717) is 17.9 Å². The van der Waals surface area contributed by atoms with Gasteiger partial charge in [-0.15, -0.1) is 0 Å². The highest BCUT2D eigenvalue weighted by molar-refractivity contribution is 6.01. The second-order valence-corrected chi connectivity index (χ2v) is 7.45. The monoisotopic (exact) mass is 370 g/mol. The third-order valence-electron chi connectivity index (χ3n) is 6.05. The first kappa shape index (κ1) is 12.9. The smallest absolute Gasteiger partial charge is 0.158 e. The van der Waals surface area contributed by atoms with Crippen molar-refractivity contribution in [3.63, 3.8) is 0 Å². The Labute approximate surface area is 168 Å². The van der Waals surface area contributed by atoms with Gasteiger partial charge in [-0.25, -0.2) is 9.97 Å². The van der Waals surface area contributed by atoms with Gasteiger partial charge in [0.15, 0.2) is 5.82 Å². The zero-order chi connectivity index (χ0) is 21.5. The van der Waals surface area contributed by atoms with Gasteiger partial charge in [0.05, 0.1) is 17.1 Å². The predicted octanol–water partition coefficient (Wildman–Crippen LogP) is 4.57. The Bertz CT molecular complexity index is 1360. The predicted molar refractivity (Wildman–Crippen MR) is 113 cm³/mol. The summed E-state index contributed by atoms with van der Waals surface area (Å²) >= 11 is 0. The van der Waals surface area contributed by atoms with Crippen LogP contribution in [0.15, 0.2) is 55.0 Å². The summed E-state index contributed by atoms with van der Waals surface area (Å²) in [4.78, 5) is 12.8. The number of imidazole rings is 1. The van der Waals surface area contributed by atoms with Crippen molar-refractivity contribution in [1.29, 1.82) is 0 Å². The summed E-state index contributed by atoms with van der Waals surface area (Å²) < 4.78 is 26.6. The molecule has 138 valence electrons. The molecule has 0 aliphatic carbocycles. The van der Waals surface area contributed by atoms with Gasteiger partial charge in [-0.05, 0) is 36.9 Å². The maximum Gasteiger partial charge on any atom is 0.158 e. The van der Waals surface area contributed by atoms with Crippen LogP contribution in [0.4, 0.5) is 17.2 Å². The lowest BCUT2D eigenvalue weighted by molar-refractivity contribution is 0.728. The van der Waals surface area contributed by atoms with E-state index in [1.807, 2.05) is 31.5 Å². The van der Waals surface area contributed by atoms with Gasteiger partial charge < -0.3 is 14.4 Å². The average molecular weight is 370 g/mol. The highest BCUT2D eigenvalue weighted by Gasteiger charge is 2.37. The van der Waals surface area contributed by atoms with E-state index < -0.39 is 13.1 Å². The van der Waals surface area contributed by atoms with Crippen LogP contribution >= 0.6 is 0 Å². The van der Waals surface area contributed by atoms with Crippen molar-refractivity contribution in [2.75, 3.05) is 16.8 Å². The molecular weight excluding hydrogens is 346 g/mol. The van der Waals surface area contributed by atoms with Gasteiger partial charge in [0, 0.05) is 47.0 Å². The van der Waals surface area contributed by atoms with Crippen molar-refractivity contribution in [1.82, 2.24) is 14.5 Å². The fourth-order valence-corrected chi connectivity index (χ4v) is 4.79. The molecule has 0 radical (unpaired) electrons. The third-order valence-corrected chi connectivity index (χ3v) is 6.05. The Kier molecular flexibility index (Phi) is 2.47. The zero-order valence-corrected chi connectivity index (χ0v) is 15.7. The third kappa shape index (κ3) is 1.81. The second kappa shape index (κ2) is 5.35. The number of anilines is 3. The minimum absolute atomic E-state index is 0.408. The largest absolute Gasteiger partial charge is 0.351 e. The summed E-state index contributed by atoms with van der Waals surface area (Å²) in [6.07, 6.45) is 5.85. The molecule has 28 heavy (non-hydrogen) atoms. The Morgan fingerprint density at radius 2 is 1.89 bits per heavy atom. The first-order chi connectivity index (χ1) is 14.9. The van der Waals surface area contributed by atoms with Gasteiger partial charge in [-0.2, -0.15) is 0 Å². The number of pyridine rings is 1. The van der Waals surface area contributed by atoms with Crippen molar-refractivity contribution in [2.45, 2.75) is 26.4 Å². The van der Waals surface area contributed by atoms with E-state index in [1.165, 1.54) is 10.3 Å². The number of aryl methyl sites for hydroxylation is 1. The van der Waals surface area contributed by atoms with Gasteiger partial charge in [0.2, 0.25) is 0 Å².